The van der Waals surface area contributed by atoms with Gasteiger partial charge in [-0.3, -0.25) is 4.79 Å². The number of alkyl halides is 1. The number of hydrogen-bond acceptors (Lipinski definition) is 1. The lowest BCUT2D eigenvalue weighted by Crippen LogP contribution is -2.48. The van der Waals surface area contributed by atoms with E-state index in [9.17, 15) is 9.18 Å². The third-order valence-corrected chi connectivity index (χ3v) is 4.04. The first-order valence-electron chi connectivity index (χ1n) is 6.26. The largest absolute Gasteiger partial charge is 0.349 e. The van der Waals surface area contributed by atoms with Crippen LogP contribution in [0, 0.1) is 5.82 Å². The fraction of sp³-hybridized carbons (Fsp3) is 0.500. The minimum atomic E-state index is -0.334. The lowest BCUT2D eigenvalue weighted by molar-refractivity contribution is -0.122. The van der Waals surface area contributed by atoms with Gasteiger partial charge in [0.05, 0.1) is 12.0 Å². The zero-order valence-corrected chi connectivity index (χ0v) is 11.0. The van der Waals surface area contributed by atoms with Gasteiger partial charge >= 0.3 is 0 Å². The third kappa shape index (κ3) is 3.02. The number of rotatable bonds is 4. The lowest BCUT2D eigenvalue weighted by Gasteiger charge is -2.27. The number of hydrogen-bond donors (Lipinski definition) is 1. The van der Waals surface area contributed by atoms with Crippen LogP contribution in [0.2, 0.25) is 0 Å². The summed E-state index contributed by atoms with van der Waals surface area (Å²) in [5, 5.41) is 2.98. The molecule has 1 aromatic carbocycles. The van der Waals surface area contributed by atoms with Gasteiger partial charge in [0, 0.05) is 5.88 Å². The van der Waals surface area contributed by atoms with Gasteiger partial charge in [0.1, 0.15) is 5.82 Å². The second-order valence-electron chi connectivity index (χ2n) is 4.94. The zero-order chi connectivity index (χ0) is 13.0. The summed E-state index contributed by atoms with van der Waals surface area (Å²) in [7, 11) is 0. The van der Waals surface area contributed by atoms with Crippen LogP contribution in [-0.4, -0.2) is 17.3 Å². The van der Waals surface area contributed by atoms with Gasteiger partial charge in [-0.25, -0.2) is 4.39 Å². The highest BCUT2D eigenvalue weighted by Gasteiger charge is 2.34. The summed E-state index contributed by atoms with van der Waals surface area (Å²) in [5.41, 5.74) is 0.155. The quantitative estimate of drug-likeness (QED) is 0.837. The predicted octanol–water partition coefficient (Wildman–Crippen LogP) is 3.04. The smallest absolute Gasteiger partial charge is 0.224 e. The van der Waals surface area contributed by atoms with Crippen molar-refractivity contribution in [2.75, 3.05) is 5.88 Å². The number of nitrogens with one attached hydrogen (secondary N) is 1. The van der Waals surface area contributed by atoms with Crippen molar-refractivity contribution >= 4 is 17.5 Å². The monoisotopic (exact) mass is 269 g/mol. The van der Waals surface area contributed by atoms with E-state index in [1.807, 2.05) is 0 Å². The standard InChI is InChI=1S/C14H17ClFNO/c15-10-14(7-3-4-8-14)17-13(18)9-11-5-1-2-6-12(11)16/h1-2,5-6H,3-4,7-10H2,(H,17,18). The van der Waals surface area contributed by atoms with Crippen LogP contribution in [0.4, 0.5) is 4.39 Å². The van der Waals surface area contributed by atoms with Crippen LogP contribution in [0.15, 0.2) is 24.3 Å². The van der Waals surface area contributed by atoms with Crippen LogP contribution in [0.3, 0.4) is 0 Å². The predicted molar refractivity (Wildman–Crippen MR) is 70.2 cm³/mol. The molecule has 0 spiro atoms. The van der Waals surface area contributed by atoms with E-state index >= 15 is 0 Å². The van der Waals surface area contributed by atoms with E-state index in [4.69, 9.17) is 11.6 Å². The van der Waals surface area contributed by atoms with Crippen molar-refractivity contribution in [3.63, 3.8) is 0 Å². The van der Waals surface area contributed by atoms with Crippen LogP contribution in [0.25, 0.3) is 0 Å². The fourth-order valence-corrected chi connectivity index (χ4v) is 2.83. The Morgan fingerprint density at radius 3 is 2.61 bits per heavy atom. The van der Waals surface area contributed by atoms with Gasteiger partial charge in [-0.2, -0.15) is 0 Å². The molecule has 0 unspecified atom stereocenters. The molecule has 2 rings (SSSR count). The van der Waals surface area contributed by atoms with Crippen molar-refractivity contribution in [2.24, 2.45) is 0 Å². The molecule has 1 saturated carbocycles. The molecule has 98 valence electrons. The molecular weight excluding hydrogens is 253 g/mol. The number of carbonyl (C=O) groups excluding carboxylic acids is 1. The summed E-state index contributed by atoms with van der Waals surface area (Å²) in [6, 6.07) is 6.36. The van der Waals surface area contributed by atoms with Crippen LogP contribution >= 0.6 is 11.6 Å². The van der Waals surface area contributed by atoms with Crippen molar-refractivity contribution in [1.29, 1.82) is 0 Å². The first kappa shape index (κ1) is 13.3. The molecule has 1 aromatic rings. The summed E-state index contributed by atoms with van der Waals surface area (Å²) in [6.45, 7) is 0. The number of amides is 1. The van der Waals surface area contributed by atoms with Crippen LogP contribution in [0.5, 0.6) is 0 Å². The highest BCUT2D eigenvalue weighted by molar-refractivity contribution is 6.18. The lowest BCUT2D eigenvalue weighted by atomic mass is 9.99. The maximum atomic E-state index is 13.4. The minimum Gasteiger partial charge on any atom is -0.349 e. The van der Waals surface area contributed by atoms with Gasteiger partial charge in [0.15, 0.2) is 0 Å². The van der Waals surface area contributed by atoms with Gasteiger partial charge in [0.2, 0.25) is 5.91 Å². The third-order valence-electron chi connectivity index (χ3n) is 3.53. The average Bonchev–Trinajstić information content (AvgIpc) is 2.81. The molecule has 2 nitrogen and oxygen atoms in total. The Bertz CT molecular complexity index is 430. The first-order valence-corrected chi connectivity index (χ1v) is 6.79. The van der Waals surface area contributed by atoms with Crippen molar-refractivity contribution < 1.29 is 9.18 Å². The summed E-state index contributed by atoms with van der Waals surface area (Å²) >= 11 is 5.95. The molecule has 0 aromatic heterocycles. The maximum absolute atomic E-state index is 13.4. The van der Waals surface area contributed by atoms with E-state index in [1.54, 1.807) is 18.2 Å². The molecule has 1 fully saturated rings. The Labute approximate surface area is 112 Å². The molecule has 1 amide bonds. The normalized spacial score (nSPS) is 17.7. The van der Waals surface area contributed by atoms with E-state index in [-0.39, 0.29) is 23.7 Å². The first-order chi connectivity index (χ1) is 8.65. The Balaban J connectivity index is 1.98. The Morgan fingerprint density at radius 2 is 2.00 bits per heavy atom. The second kappa shape index (κ2) is 5.70. The Hall–Kier alpha value is -1.09. The van der Waals surface area contributed by atoms with E-state index < -0.39 is 0 Å². The second-order valence-corrected chi connectivity index (χ2v) is 5.20. The van der Waals surface area contributed by atoms with Gasteiger partial charge in [0.25, 0.3) is 0 Å². The van der Waals surface area contributed by atoms with Gasteiger partial charge in [-0.1, -0.05) is 31.0 Å². The highest BCUT2D eigenvalue weighted by Crippen LogP contribution is 2.30. The molecular formula is C14H17ClFNO. The maximum Gasteiger partial charge on any atom is 0.224 e. The SMILES string of the molecule is O=C(Cc1ccccc1F)NC1(CCl)CCCC1. The van der Waals surface area contributed by atoms with E-state index in [0.29, 0.717) is 11.4 Å². The molecule has 0 saturated heterocycles. The van der Waals surface area contributed by atoms with Crippen molar-refractivity contribution in [3.05, 3.63) is 35.6 Å². The van der Waals surface area contributed by atoms with Crippen molar-refractivity contribution in [3.8, 4) is 0 Å². The summed E-state index contributed by atoms with van der Waals surface area (Å²) in [6.07, 6.45) is 4.09. The number of carbonyl (C=O) groups is 1. The molecule has 0 aliphatic heterocycles. The molecule has 4 heteroatoms. The fourth-order valence-electron chi connectivity index (χ4n) is 2.50. The van der Waals surface area contributed by atoms with Crippen LogP contribution in [-0.2, 0) is 11.2 Å². The summed E-state index contributed by atoms with van der Waals surface area (Å²) in [4.78, 5) is 11.9. The zero-order valence-electron chi connectivity index (χ0n) is 10.2. The molecule has 1 N–H and O–H groups in total. The van der Waals surface area contributed by atoms with Crippen molar-refractivity contribution in [1.82, 2.24) is 5.32 Å². The Kier molecular flexibility index (Phi) is 4.23. The molecule has 18 heavy (non-hydrogen) atoms. The molecule has 1 aliphatic rings. The minimum absolute atomic E-state index is 0.0747. The van der Waals surface area contributed by atoms with Gasteiger partial charge in [-0.05, 0) is 24.5 Å². The van der Waals surface area contributed by atoms with E-state index in [2.05, 4.69) is 5.32 Å². The number of benzene rings is 1. The summed E-state index contributed by atoms with van der Waals surface area (Å²) in [5.74, 6) is -0.0580. The topological polar surface area (TPSA) is 29.1 Å². The highest BCUT2D eigenvalue weighted by atomic mass is 35.5. The average molecular weight is 270 g/mol. The van der Waals surface area contributed by atoms with Gasteiger partial charge in [-0.15, -0.1) is 11.6 Å². The summed E-state index contributed by atoms with van der Waals surface area (Å²) < 4.78 is 13.4. The van der Waals surface area contributed by atoms with Crippen molar-refractivity contribution in [2.45, 2.75) is 37.6 Å². The molecule has 0 atom stereocenters. The van der Waals surface area contributed by atoms with E-state index in [1.165, 1.54) is 6.07 Å². The van der Waals surface area contributed by atoms with Crippen LogP contribution in [0.1, 0.15) is 31.2 Å². The molecule has 0 radical (unpaired) electrons. The van der Waals surface area contributed by atoms with E-state index in [0.717, 1.165) is 25.7 Å². The molecule has 0 heterocycles. The molecule has 1 aliphatic carbocycles. The molecule has 0 bridgehead atoms. The van der Waals surface area contributed by atoms with Crippen LogP contribution < -0.4 is 5.32 Å². The van der Waals surface area contributed by atoms with Gasteiger partial charge < -0.3 is 5.32 Å². The number of halogens is 2. The Morgan fingerprint density at radius 1 is 1.33 bits per heavy atom.